The predicted molar refractivity (Wildman–Crippen MR) is 102 cm³/mol. The highest BCUT2D eigenvalue weighted by molar-refractivity contribution is 14.0. The number of sulfone groups is 1. The fourth-order valence-corrected chi connectivity index (χ4v) is 2.49. The van der Waals surface area contributed by atoms with Crippen molar-refractivity contribution >= 4 is 39.8 Å². The number of benzene rings is 1. The molecule has 0 bridgehead atoms. The molecule has 0 aliphatic carbocycles. The Morgan fingerprint density at radius 1 is 1.23 bits per heavy atom. The van der Waals surface area contributed by atoms with Crippen LogP contribution >= 0.6 is 24.0 Å². The number of aliphatic imine (C=N–C) groups is 1. The summed E-state index contributed by atoms with van der Waals surface area (Å²) < 4.78 is 22.4. The van der Waals surface area contributed by atoms with Gasteiger partial charge in [0.2, 0.25) is 0 Å². The molecule has 0 heterocycles. The predicted octanol–water partition coefficient (Wildman–Crippen LogP) is 1.54. The summed E-state index contributed by atoms with van der Waals surface area (Å²) in [5, 5.41) is 6.10. The lowest BCUT2D eigenvalue weighted by Crippen LogP contribution is -2.37. The van der Waals surface area contributed by atoms with E-state index in [1.807, 2.05) is 31.2 Å². The third-order valence-corrected chi connectivity index (χ3v) is 3.43. The molecule has 22 heavy (non-hydrogen) atoms. The molecule has 1 rings (SSSR count). The van der Waals surface area contributed by atoms with E-state index >= 15 is 0 Å². The Bertz CT molecular complexity index is 619. The maximum Gasteiger partial charge on any atom is 0.192 e. The Hall–Kier alpha value is -1.27. The van der Waals surface area contributed by atoms with Gasteiger partial charge in [-0.1, -0.05) is 30.2 Å². The van der Waals surface area contributed by atoms with Crippen molar-refractivity contribution in [2.24, 2.45) is 4.99 Å². The van der Waals surface area contributed by atoms with Gasteiger partial charge >= 0.3 is 0 Å². The summed E-state index contributed by atoms with van der Waals surface area (Å²) in [5.74, 6) is 3.22. The molecule has 0 atom stereocenters. The molecule has 122 valence electrons. The van der Waals surface area contributed by atoms with Gasteiger partial charge in [0.1, 0.15) is 0 Å². The number of halogens is 1. The van der Waals surface area contributed by atoms with E-state index in [9.17, 15) is 8.42 Å². The lowest BCUT2D eigenvalue weighted by molar-refractivity contribution is 0.601. The van der Waals surface area contributed by atoms with Crippen molar-refractivity contribution in [3.63, 3.8) is 0 Å². The molecular formula is C15H22IN3O2S. The van der Waals surface area contributed by atoms with E-state index in [4.69, 9.17) is 6.42 Å². The monoisotopic (exact) mass is 435 g/mol. The van der Waals surface area contributed by atoms with Gasteiger partial charge in [-0.05, 0) is 18.1 Å². The largest absolute Gasteiger partial charge is 0.357 e. The highest BCUT2D eigenvalue weighted by Gasteiger charge is 2.04. The van der Waals surface area contributed by atoms with Crippen molar-refractivity contribution < 1.29 is 8.42 Å². The summed E-state index contributed by atoms with van der Waals surface area (Å²) in [7, 11) is -3.00. The van der Waals surface area contributed by atoms with Gasteiger partial charge in [-0.3, -0.25) is 0 Å². The second kappa shape index (κ2) is 10.5. The van der Waals surface area contributed by atoms with E-state index in [0.29, 0.717) is 19.0 Å². The van der Waals surface area contributed by atoms with Crippen molar-refractivity contribution in [2.45, 2.75) is 19.2 Å². The maximum atomic E-state index is 11.2. The lowest BCUT2D eigenvalue weighted by Gasteiger charge is -2.09. The average Bonchev–Trinajstić information content (AvgIpc) is 2.42. The molecule has 5 nitrogen and oxygen atoms in total. The topological polar surface area (TPSA) is 70.6 Å². The van der Waals surface area contributed by atoms with Crippen LogP contribution in [0.25, 0.3) is 0 Å². The molecule has 0 unspecified atom stereocenters. The molecule has 1 aromatic rings. The highest BCUT2D eigenvalue weighted by atomic mass is 127. The SMILES string of the molecule is C#CCNC(=NCc1ccc(CS(C)(=O)=O)cc1)NCC.I. The quantitative estimate of drug-likeness (QED) is 0.308. The second-order valence-electron chi connectivity index (χ2n) is 4.64. The fourth-order valence-electron chi connectivity index (χ4n) is 1.69. The number of hydrogen-bond donors (Lipinski definition) is 2. The minimum Gasteiger partial charge on any atom is -0.357 e. The van der Waals surface area contributed by atoms with Gasteiger partial charge in [-0.25, -0.2) is 13.4 Å². The fraction of sp³-hybridized carbons (Fsp3) is 0.400. The Balaban J connectivity index is 0.00000441. The second-order valence-corrected chi connectivity index (χ2v) is 6.78. The molecule has 0 aliphatic heterocycles. The molecule has 0 spiro atoms. The molecule has 0 saturated heterocycles. The van der Waals surface area contributed by atoms with Crippen molar-refractivity contribution in [3.8, 4) is 12.3 Å². The molecule has 1 aromatic carbocycles. The van der Waals surface area contributed by atoms with Crippen LogP contribution in [0.1, 0.15) is 18.1 Å². The first kappa shape index (κ1) is 20.7. The zero-order valence-corrected chi connectivity index (χ0v) is 15.9. The Morgan fingerprint density at radius 3 is 2.32 bits per heavy atom. The van der Waals surface area contributed by atoms with E-state index in [1.165, 1.54) is 6.26 Å². The molecule has 7 heteroatoms. The molecular weight excluding hydrogens is 413 g/mol. The number of rotatable bonds is 6. The van der Waals surface area contributed by atoms with Crippen LogP contribution in [0.4, 0.5) is 0 Å². The van der Waals surface area contributed by atoms with E-state index in [1.54, 1.807) is 0 Å². The molecule has 0 aromatic heterocycles. The molecule has 0 saturated carbocycles. The van der Waals surface area contributed by atoms with Gasteiger partial charge < -0.3 is 10.6 Å². The first-order valence-corrected chi connectivity index (χ1v) is 8.72. The van der Waals surface area contributed by atoms with Gasteiger partial charge in [0, 0.05) is 12.8 Å². The maximum absolute atomic E-state index is 11.2. The number of nitrogens with zero attached hydrogens (tertiary/aromatic N) is 1. The van der Waals surface area contributed by atoms with Gasteiger partial charge in [0.15, 0.2) is 15.8 Å². The van der Waals surface area contributed by atoms with Crippen LogP contribution in [0.15, 0.2) is 29.3 Å². The zero-order valence-electron chi connectivity index (χ0n) is 12.8. The summed E-state index contributed by atoms with van der Waals surface area (Å²) in [6.07, 6.45) is 6.43. The van der Waals surface area contributed by atoms with Crippen LogP contribution in [-0.4, -0.2) is 33.7 Å². The summed E-state index contributed by atoms with van der Waals surface area (Å²) in [6, 6.07) is 7.39. The number of hydrogen-bond acceptors (Lipinski definition) is 3. The molecule has 0 aliphatic rings. The van der Waals surface area contributed by atoms with Crippen LogP contribution in [0, 0.1) is 12.3 Å². The normalized spacial score (nSPS) is 11.2. The Kier molecular flexibility index (Phi) is 9.85. The van der Waals surface area contributed by atoms with Crippen molar-refractivity contribution in [2.75, 3.05) is 19.3 Å². The van der Waals surface area contributed by atoms with Gasteiger partial charge in [-0.2, -0.15) is 0 Å². The summed E-state index contributed by atoms with van der Waals surface area (Å²) in [4.78, 5) is 4.41. The Morgan fingerprint density at radius 2 is 1.82 bits per heavy atom. The highest BCUT2D eigenvalue weighted by Crippen LogP contribution is 2.08. The minimum atomic E-state index is -3.00. The first-order valence-electron chi connectivity index (χ1n) is 6.66. The van der Waals surface area contributed by atoms with Gasteiger partial charge in [-0.15, -0.1) is 30.4 Å². The molecule has 0 amide bonds. The van der Waals surface area contributed by atoms with Crippen LogP contribution < -0.4 is 10.6 Å². The van der Waals surface area contributed by atoms with E-state index < -0.39 is 9.84 Å². The zero-order chi connectivity index (χ0) is 15.7. The summed E-state index contributed by atoms with van der Waals surface area (Å²) in [6.45, 7) is 3.65. The Labute approximate surface area is 149 Å². The third-order valence-electron chi connectivity index (χ3n) is 2.57. The molecule has 0 radical (unpaired) electrons. The first-order chi connectivity index (χ1) is 9.94. The van der Waals surface area contributed by atoms with Gasteiger partial charge in [0.05, 0.1) is 18.8 Å². The van der Waals surface area contributed by atoms with Crippen molar-refractivity contribution in [1.29, 1.82) is 0 Å². The van der Waals surface area contributed by atoms with Crippen LogP contribution in [0.2, 0.25) is 0 Å². The smallest absolute Gasteiger partial charge is 0.192 e. The lowest BCUT2D eigenvalue weighted by atomic mass is 10.1. The van der Waals surface area contributed by atoms with Crippen LogP contribution in [0.5, 0.6) is 0 Å². The molecule has 2 N–H and O–H groups in total. The van der Waals surface area contributed by atoms with Crippen LogP contribution in [-0.2, 0) is 22.1 Å². The number of terminal acetylenes is 1. The summed E-state index contributed by atoms with van der Waals surface area (Å²) in [5.41, 5.74) is 1.78. The van der Waals surface area contributed by atoms with Crippen LogP contribution in [0.3, 0.4) is 0 Å². The van der Waals surface area contributed by atoms with Gasteiger partial charge in [0.25, 0.3) is 0 Å². The third kappa shape index (κ3) is 8.89. The van der Waals surface area contributed by atoms with E-state index in [2.05, 4.69) is 21.5 Å². The number of nitrogens with one attached hydrogen (secondary N) is 2. The summed E-state index contributed by atoms with van der Waals surface area (Å²) >= 11 is 0. The molecule has 0 fully saturated rings. The van der Waals surface area contributed by atoms with Crippen molar-refractivity contribution in [1.82, 2.24) is 10.6 Å². The van der Waals surface area contributed by atoms with E-state index in [-0.39, 0.29) is 29.7 Å². The standard InChI is InChI=1S/C15H21N3O2S.HI/c1-4-10-17-15(16-5-2)18-11-13-6-8-14(9-7-13)12-21(3,19)20;/h1,6-9H,5,10-12H2,2-3H3,(H2,16,17,18);1H. The minimum absolute atomic E-state index is 0. The average molecular weight is 435 g/mol. The van der Waals surface area contributed by atoms with E-state index in [0.717, 1.165) is 17.7 Å². The van der Waals surface area contributed by atoms with Crippen molar-refractivity contribution in [3.05, 3.63) is 35.4 Å². The number of guanidine groups is 1.